The van der Waals surface area contributed by atoms with Crippen molar-refractivity contribution in [3.8, 4) is 0 Å². The minimum absolute atomic E-state index is 0.379. The Kier molecular flexibility index (Phi) is 3.17. The molecule has 0 spiro atoms. The van der Waals surface area contributed by atoms with Gasteiger partial charge in [-0.1, -0.05) is 0 Å². The molecule has 1 heterocycles. The first kappa shape index (κ1) is 10.6. The number of rotatable bonds is 1. The lowest BCUT2D eigenvalue weighted by Gasteiger charge is -2.19. The number of aliphatic imine (C=N–C) groups is 2. The van der Waals surface area contributed by atoms with Crippen molar-refractivity contribution in [3.05, 3.63) is 12.4 Å². The molecule has 0 aromatic carbocycles. The first-order chi connectivity index (χ1) is 6.49. The number of hydrogen-bond donors (Lipinski definition) is 0. The first-order valence-electron chi connectivity index (χ1n) is 4.46. The highest BCUT2D eigenvalue weighted by Crippen LogP contribution is 2.08. The molecule has 0 bridgehead atoms. The Morgan fingerprint density at radius 1 is 1.43 bits per heavy atom. The summed E-state index contributed by atoms with van der Waals surface area (Å²) in [5.74, 6) is -0.379. The molecule has 0 amide bonds. The highest BCUT2D eigenvalue weighted by molar-refractivity contribution is 6.39. The van der Waals surface area contributed by atoms with Gasteiger partial charge in [0, 0.05) is 25.0 Å². The Morgan fingerprint density at radius 2 is 2.14 bits per heavy atom. The molecule has 0 unspecified atom stereocenters. The van der Waals surface area contributed by atoms with Crippen molar-refractivity contribution in [3.63, 3.8) is 0 Å². The van der Waals surface area contributed by atoms with Crippen LogP contribution in [0, 0.1) is 0 Å². The van der Waals surface area contributed by atoms with Crippen molar-refractivity contribution < 1.29 is 9.53 Å². The van der Waals surface area contributed by atoms with E-state index in [0.717, 1.165) is 0 Å². The summed E-state index contributed by atoms with van der Waals surface area (Å²) >= 11 is 0. The van der Waals surface area contributed by atoms with Crippen LogP contribution >= 0.6 is 0 Å². The quantitative estimate of drug-likeness (QED) is 0.597. The average Bonchev–Trinajstić information content (AvgIpc) is 2.27. The van der Waals surface area contributed by atoms with Crippen LogP contribution in [0.3, 0.4) is 0 Å². The van der Waals surface area contributed by atoms with Crippen molar-refractivity contribution >= 4 is 17.9 Å². The van der Waals surface area contributed by atoms with Crippen molar-refractivity contribution in [2.24, 2.45) is 9.98 Å². The summed E-state index contributed by atoms with van der Waals surface area (Å²) in [6.45, 7) is 5.48. The van der Waals surface area contributed by atoms with E-state index in [4.69, 9.17) is 4.74 Å². The molecule has 14 heavy (non-hydrogen) atoms. The summed E-state index contributed by atoms with van der Waals surface area (Å²) in [5.41, 5.74) is -0.0929. The standard InChI is InChI=1S/C10H14N2O2/c1-10(2,3)14-9(13)8-4-5-11-6-7-12-8/h5-7H,4H2,1-3H3. The molecule has 0 aromatic heterocycles. The minimum atomic E-state index is -0.479. The second kappa shape index (κ2) is 4.17. The molecule has 0 aliphatic carbocycles. The molecular weight excluding hydrogens is 180 g/mol. The summed E-state index contributed by atoms with van der Waals surface area (Å²) < 4.78 is 5.17. The molecule has 0 aromatic rings. The van der Waals surface area contributed by atoms with Crippen molar-refractivity contribution in [1.29, 1.82) is 0 Å². The van der Waals surface area contributed by atoms with Crippen LogP contribution in [0.1, 0.15) is 27.2 Å². The summed E-state index contributed by atoms with van der Waals surface area (Å²) in [6.07, 6.45) is 5.08. The lowest BCUT2D eigenvalue weighted by Crippen LogP contribution is -2.29. The molecule has 0 saturated heterocycles. The van der Waals surface area contributed by atoms with Gasteiger partial charge >= 0.3 is 5.97 Å². The molecule has 0 N–H and O–H groups in total. The van der Waals surface area contributed by atoms with E-state index in [1.807, 2.05) is 20.8 Å². The van der Waals surface area contributed by atoms with Crippen LogP contribution in [0.4, 0.5) is 0 Å². The van der Waals surface area contributed by atoms with Gasteiger partial charge in [-0.15, -0.1) is 0 Å². The summed E-state index contributed by atoms with van der Waals surface area (Å²) in [7, 11) is 0. The first-order valence-corrected chi connectivity index (χ1v) is 4.46. The third kappa shape index (κ3) is 3.51. The zero-order chi connectivity index (χ0) is 10.6. The predicted molar refractivity (Wildman–Crippen MR) is 55.5 cm³/mol. The van der Waals surface area contributed by atoms with Crippen molar-refractivity contribution in [2.75, 3.05) is 0 Å². The minimum Gasteiger partial charge on any atom is -0.455 e. The Labute approximate surface area is 83.4 Å². The van der Waals surface area contributed by atoms with Gasteiger partial charge in [-0.25, -0.2) is 4.79 Å². The Balaban J connectivity index is 2.66. The maximum atomic E-state index is 11.5. The van der Waals surface area contributed by atoms with Gasteiger partial charge in [0.1, 0.15) is 11.3 Å². The van der Waals surface area contributed by atoms with Crippen LogP contribution in [0.2, 0.25) is 0 Å². The second-order valence-electron chi connectivity index (χ2n) is 3.91. The number of hydrogen-bond acceptors (Lipinski definition) is 4. The van der Waals surface area contributed by atoms with Crippen LogP contribution in [0.25, 0.3) is 0 Å². The predicted octanol–water partition coefficient (Wildman–Crippen LogP) is 1.71. The maximum absolute atomic E-state index is 11.5. The molecule has 4 heteroatoms. The SMILES string of the molecule is CC(C)(C)OC(=O)C1=NC=CN=CC1. The number of ether oxygens (including phenoxy) is 1. The molecule has 1 rings (SSSR count). The molecule has 1 aliphatic rings. The molecular formula is C10H14N2O2. The van der Waals surface area contributed by atoms with E-state index in [0.29, 0.717) is 12.1 Å². The van der Waals surface area contributed by atoms with Crippen LogP contribution in [-0.4, -0.2) is 23.5 Å². The average molecular weight is 194 g/mol. The summed E-state index contributed by atoms with van der Waals surface area (Å²) in [6, 6.07) is 0. The van der Waals surface area contributed by atoms with Gasteiger partial charge in [0.05, 0.1) is 0 Å². The lowest BCUT2D eigenvalue weighted by molar-refractivity contribution is -0.146. The van der Waals surface area contributed by atoms with E-state index in [2.05, 4.69) is 9.98 Å². The number of nitrogens with zero attached hydrogens (tertiary/aromatic N) is 2. The van der Waals surface area contributed by atoms with Crippen LogP contribution in [0.5, 0.6) is 0 Å². The highest BCUT2D eigenvalue weighted by atomic mass is 16.6. The van der Waals surface area contributed by atoms with E-state index in [9.17, 15) is 4.79 Å². The van der Waals surface area contributed by atoms with E-state index < -0.39 is 5.60 Å². The van der Waals surface area contributed by atoms with Crippen LogP contribution in [-0.2, 0) is 9.53 Å². The van der Waals surface area contributed by atoms with Crippen LogP contribution in [0.15, 0.2) is 22.4 Å². The molecule has 4 nitrogen and oxygen atoms in total. The third-order valence-corrected chi connectivity index (χ3v) is 1.41. The van der Waals surface area contributed by atoms with E-state index in [-0.39, 0.29) is 5.97 Å². The molecule has 1 aliphatic heterocycles. The normalized spacial score (nSPS) is 16.1. The van der Waals surface area contributed by atoms with Gasteiger partial charge in [0.25, 0.3) is 0 Å². The number of carbonyl (C=O) groups excluding carboxylic acids is 1. The fraction of sp³-hybridized carbons (Fsp3) is 0.500. The fourth-order valence-electron chi connectivity index (χ4n) is 0.888. The number of carbonyl (C=O) groups is 1. The zero-order valence-electron chi connectivity index (χ0n) is 8.65. The second-order valence-corrected chi connectivity index (χ2v) is 3.91. The molecule has 76 valence electrons. The molecule has 0 saturated carbocycles. The Hall–Kier alpha value is -1.45. The molecule has 0 atom stereocenters. The van der Waals surface area contributed by atoms with Gasteiger partial charge < -0.3 is 4.74 Å². The zero-order valence-corrected chi connectivity index (χ0v) is 8.65. The summed E-state index contributed by atoms with van der Waals surface area (Å²) in [5, 5.41) is 0. The topological polar surface area (TPSA) is 51.0 Å². The fourth-order valence-corrected chi connectivity index (χ4v) is 0.888. The highest BCUT2D eigenvalue weighted by Gasteiger charge is 2.20. The van der Waals surface area contributed by atoms with Gasteiger partial charge in [-0.05, 0) is 20.8 Å². The maximum Gasteiger partial charge on any atom is 0.353 e. The third-order valence-electron chi connectivity index (χ3n) is 1.41. The van der Waals surface area contributed by atoms with Gasteiger partial charge in [0.15, 0.2) is 0 Å². The monoisotopic (exact) mass is 194 g/mol. The number of esters is 1. The smallest absolute Gasteiger partial charge is 0.353 e. The van der Waals surface area contributed by atoms with E-state index in [1.54, 1.807) is 6.21 Å². The van der Waals surface area contributed by atoms with Gasteiger partial charge in [-0.2, -0.15) is 0 Å². The van der Waals surface area contributed by atoms with Gasteiger partial charge in [-0.3, -0.25) is 9.98 Å². The van der Waals surface area contributed by atoms with Crippen molar-refractivity contribution in [1.82, 2.24) is 0 Å². The molecule has 0 fully saturated rings. The Morgan fingerprint density at radius 3 is 2.79 bits per heavy atom. The van der Waals surface area contributed by atoms with E-state index >= 15 is 0 Å². The van der Waals surface area contributed by atoms with E-state index in [1.165, 1.54) is 12.4 Å². The Bertz CT molecular complexity index is 309. The van der Waals surface area contributed by atoms with Crippen LogP contribution < -0.4 is 0 Å². The van der Waals surface area contributed by atoms with Gasteiger partial charge in [0.2, 0.25) is 0 Å². The summed E-state index contributed by atoms with van der Waals surface area (Å²) in [4.78, 5) is 19.3. The lowest BCUT2D eigenvalue weighted by atomic mass is 10.2. The largest absolute Gasteiger partial charge is 0.455 e. The van der Waals surface area contributed by atoms with Crippen molar-refractivity contribution in [2.45, 2.75) is 32.8 Å². The molecule has 0 radical (unpaired) electrons.